The van der Waals surface area contributed by atoms with Gasteiger partial charge in [0.1, 0.15) is 4.88 Å². The lowest BCUT2D eigenvalue weighted by atomic mass is 9.90. The van der Waals surface area contributed by atoms with E-state index in [-0.39, 0.29) is 0 Å². The number of hydrogen-bond acceptors (Lipinski definition) is 4. The Morgan fingerprint density at radius 1 is 1.23 bits per heavy atom. The SMILES string of the molecule is C[C@H]1CCc2sc(C(=O)O[C@H](C)C(=O)Nc3cc(Cl)cc(Cl)c3)cc2C1. The lowest BCUT2D eigenvalue weighted by Crippen LogP contribution is -2.29. The molecule has 4 nitrogen and oxygen atoms in total. The van der Waals surface area contributed by atoms with Crippen LogP contribution in [-0.2, 0) is 22.4 Å². The minimum Gasteiger partial charge on any atom is -0.448 e. The van der Waals surface area contributed by atoms with Gasteiger partial charge in [0.15, 0.2) is 6.10 Å². The fraction of sp³-hybridized carbons (Fsp3) is 0.368. The molecule has 7 heteroatoms. The second kappa shape index (κ2) is 7.99. The summed E-state index contributed by atoms with van der Waals surface area (Å²) >= 11 is 13.3. The first kappa shape index (κ1) is 19.2. The van der Waals surface area contributed by atoms with Crippen molar-refractivity contribution >= 4 is 52.1 Å². The number of esters is 1. The van der Waals surface area contributed by atoms with Gasteiger partial charge in [-0.05, 0) is 61.9 Å². The fourth-order valence-corrected chi connectivity index (χ4v) is 4.57. The molecule has 1 N–H and O–H groups in total. The highest BCUT2D eigenvalue weighted by Gasteiger charge is 2.24. The van der Waals surface area contributed by atoms with E-state index in [1.165, 1.54) is 28.7 Å². The van der Waals surface area contributed by atoms with Crippen LogP contribution in [0.3, 0.4) is 0 Å². The molecule has 0 bridgehead atoms. The standard InChI is InChI=1S/C19H19Cl2NO3S/c1-10-3-4-16-12(5-10)6-17(26-16)19(24)25-11(2)18(23)22-15-8-13(20)7-14(21)9-15/h6-11H,3-5H2,1-2H3,(H,22,23)/t10-,11+/m0/s1. The van der Waals surface area contributed by atoms with Crippen LogP contribution in [0.1, 0.15) is 40.4 Å². The van der Waals surface area contributed by atoms with Crippen molar-refractivity contribution in [1.29, 1.82) is 0 Å². The molecule has 1 aliphatic carbocycles. The van der Waals surface area contributed by atoms with E-state index < -0.39 is 18.0 Å². The van der Waals surface area contributed by atoms with Crippen molar-refractivity contribution in [3.63, 3.8) is 0 Å². The first-order chi connectivity index (χ1) is 12.3. The average Bonchev–Trinajstić information content (AvgIpc) is 2.96. The van der Waals surface area contributed by atoms with Gasteiger partial charge in [-0.15, -0.1) is 11.3 Å². The summed E-state index contributed by atoms with van der Waals surface area (Å²) in [6.07, 6.45) is 2.20. The van der Waals surface area contributed by atoms with E-state index in [9.17, 15) is 9.59 Å². The smallest absolute Gasteiger partial charge is 0.349 e. The Morgan fingerprint density at radius 2 is 1.92 bits per heavy atom. The van der Waals surface area contributed by atoms with Crippen LogP contribution in [-0.4, -0.2) is 18.0 Å². The van der Waals surface area contributed by atoms with Crippen molar-refractivity contribution in [2.75, 3.05) is 5.32 Å². The zero-order valence-electron chi connectivity index (χ0n) is 14.5. The normalized spacial score (nSPS) is 17.3. The molecule has 1 heterocycles. The molecule has 3 rings (SSSR count). The second-order valence-corrected chi connectivity index (χ2v) is 8.61. The largest absolute Gasteiger partial charge is 0.448 e. The highest BCUT2D eigenvalue weighted by molar-refractivity contribution is 7.14. The number of hydrogen-bond donors (Lipinski definition) is 1. The molecule has 0 unspecified atom stereocenters. The quantitative estimate of drug-likeness (QED) is 0.688. The highest BCUT2D eigenvalue weighted by atomic mass is 35.5. The Bertz CT molecular complexity index is 829. The molecule has 26 heavy (non-hydrogen) atoms. The van der Waals surface area contributed by atoms with E-state index in [0.717, 1.165) is 19.3 Å². The molecular formula is C19H19Cl2NO3S. The van der Waals surface area contributed by atoms with Crippen LogP contribution in [0.15, 0.2) is 24.3 Å². The van der Waals surface area contributed by atoms with E-state index in [0.29, 0.717) is 26.5 Å². The molecule has 0 radical (unpaired) electrons. The number of carbonyl (C=O) groups excluding carboxylic acids is 2. The number of thiophene rings is 1. The van der Waals surface area contributed by atoms with Gasteiger partial charge in [-0.25, -0.2) is 4.79 Å². The number of fused-ring (bicyclic) bond motifs is 1. The molecular weight excluding hydrogens is 393 g/mol. The van der Waals surface area contributed by atoms with Crippen LogP contribution >= 0.6 is 34.5 Å². The van der Waals surface area contributed by atoms with E-state index in [2.05, 4.69) is 12.2 Å². The topological polar surface area (TPSA) is 55.4 Å². The molecule has 0 fully saturated rings. The number of nitrogens with one attached hydrogen (secondary N) is 1. The number of rotatable bonds is 4. The van der Waals surface area contributed by atoms with E-state index in [1.807, 2.05) is 6.07 Å². The van der Waals surface area contributed by atoms with Gasteiger partial charge in [0.25, 0.3) is 5.91 Å². The van der Waals surface area contributed by atoms with Gasteiger partial charge in [-0.3, -0.25) is 4.79 Å². The number of amides is 1. The van der Waals surface area contributed by atoms with Gasteiger partial charge in [0, 0.05) is 20.6 Å². The maximum atomic E-state index is 12.4. The van der Waals surface area contributed by atoms with Gasteiger partial charge >= 0.3 is 5.97 Å². The molecule has 1 aromatic carbocycles. The monoisotopic (exact) mass is 411 g/mol. The Hall–Kier alpha value is -1.56. The Kier molecular flexibility index (Phi) is 5.90. The number of halogens is 2. The summed E-state index contributed by atoms with van der Waals surface area (Å²) in [4.78, 5) is 26.5. The zero-order chi connectivity index (χ0) is 18.8. The molecule has 138 valence electrons. The third-order valence-electron chi connectivity index (χ3n) is 4.31. The van der Waals surface area contributed by atoms with Gasteiger partial charge in [-0.1, -0.05) is 30.1 Å². The first-order valence-corrected chi connectivity index (χ1v) is 9.98. The van der Waals surface area contributed by atoms with Crippen LogP contribution < -0.4 is 5.32 Å². The average molecular weight is 412 g/mol. The summed E-state index contributed by atoms with van der Waals surface area (Å²) in [5, 5.41) is 3.48. The summed E-state index contributed by atoms with van der Waals surface area (Å²) in [5.74, 6) is -0.273. The van der Waals surface area contributed by atoms with Crippen LogP contribution in [0, 0.1) is 5.92 Å². The number of benzene rings is 1. The molecule has 1 aromatic heterocycles. The Morgan fingerprint density at radius 3 is 2.62 bits per heavy atom. The molecule has 0 saturated heterocycles. The second-order valence-electron chi connectivity index (χ2n) is 6.60. The number of aryl methyl sites for hydroxylation is 1. The van der Waals surface area contributed by atoms with Crippen LogP contribution in [0.25, 0.3) is 0 Å². The Balaban J connectivity index is 1.62. The summed E-state index contributed by atoms with van der Waals surface area (Å²) < 4.78 is 5.33. The highest BCUT2D eigenvalue weighted by Crippen LogP contribution is 2.32. The predicted molar refractivity (Wildman–Crippen MR) is 105 cm³/mol. The minimum atomic E-state index is -0.932. The minimum absolute atomic E-state index is 0.413. The number of ether oxygens (including phenoxy) is 1. The van der Waals surface area contributed by atoms with Crippen molar-refractivity contribution in [3.8, 4) is 0 Å². The summed E-state index contributed by atoms with van der Waals surface area (Å²) in [5.41, 5.74) is 1.68. The van der Waals surface area contributed by atoms with Crippen LogP contribution in [0.4, 0.5) is 5.69 Å². The van der Waals surface area contributed by atoms with Crippen LogP contribution in [0.5, 0.6) is 0 Å². The maximum Gasteiger partial charge on any atom is 0.349 e. The maximum absolute atomic E-state index is 12.4. The lowest BCUT2D eigenvalue weighted by Gasteiger charge is -2.16. The summed E-state index contributed by atoms with van der Waals surface area (Å²) in [7, 11) is 0. The lowest BCUT2D eigenvalue weighted by molar-refractivity contribution is -0.123. The van der Waals surface area contributed by atoms with E-state index in [4.69, 9.17) is 27.9 Å². The van der Waals surface area contributed by atoms with Gasteiger partial charge < -0.3 is 10.1 Å². The number of carbonyl (C=O) groups is 2. The molecule has 0 saturated carbocycles. The third-order valence-corrected chi connectivity index (χ3v) is 5.97. The van der Waals surface area contributed by atoms with Crippen molar-refractivity contribution in [3.05, 3.63) is 49.6 Å². The Labute approximate surface area is 166 Å². The van der Waals surface area contributed by atoms with Crippen LogP contribution in [0.2, 0.25) is 10.0 Å². The van der Waals surface area contributed by atoms with Gasteiger partial charge in [-0.2, -0.15) is 0 Å². The first-order valence-electron chi connectivity index (χ1n) is 8.41. The van der Waals surface area contributed by atoms with Crippen molar-refractivity contribution in [2.45, 2.75) is 39.2 Å². The van der Waals surface area contributed by atoms with Crippen molar-refractivity contribution in [1.82, 2.24) is 0 Å². The van der Waals surface area contributed by atoms with E-state index in [1.54, 1.807) is 18.2 Å². The fourth-order valence-electron chi connectivity index (χ4n) is 2.95. The molecule has 1 aliphatic rings. The molecule has 0 aliphatic heterocycles. The molecule has 1 amide bonds. The molecule has 0 spiro atoms. The summed E-state index contributed by atoms with van der Waals surface area (Å²) in [6, 6.07) is 6.63. The van der Waals surface area contributed by atoms with Crippen molar-refractivity contribution in [2.24, 2.45) is 5.92 Å². The predicted octanol–water partition coefficient (Wildman–Crippen LogP) is 5.36. The molecule has 2 aromatic rings. The van der Waals surface area contributed by atoms with Gasteiger partial charge in [0.05, 0.1) is 0 Å². The van der Waals surface area contributed by atoms with E-state index >= 15 is 0 Å². The summed E-state index contributed by atoms with van der Waals surface area (Å²) in [6.45, 7) is 3.75. The zero-order valence-corrected chi connectivity index (χ0v) is 16.8. The van der Waals surface area contributed by atoms with Gasteiger partial charge in [0.2, 0.25) is 0 Å². The third kappa shape index (κ3) is 4.58. The molecule has 2 atom stereocenters. The number of anilines is 1. The van der Waals surface area contributed by atoms with Crippen molar-refractivity contribution < 1.29 is 14.3 Å².